The van der Waals surface area contributed by atoms with Gasteiger partial charge in [0.15, 0.2) is 0 Å². The van der Waals surface area contributed by atoms with Gasteiger partial charge in [0.2, 0.25) is 5.91 Å². The molecule has 3 rings (SSSR count). The molecule has 0 bridgehead atoms. The molecule has 0 aliphatic carbocycles. The van der Waals surface area contributed by atoms with Crippen LogP contribution < -0.4 is 14.8 Å². The summed E-state index contributed by atoms with van der Waals surface area (Å²) in [5, 5.41) is 2.98. The van der Waals surface area contributed by atoms with Gasteiger partial charge in [-0.2, -0.15) is 0 Å². The van der Waals surface area contributed by atoms with E-state index in [-0.39, 0.29) is 5.91 Å². The quantitative estimate of drug-likeness (QED) is 0.595. The van der Waals surface area contributed by atoms with E-state index in [1.165, 1.54) is 5.56 Å². The molecular weight excluding hydrogens is 362 g/mol. The van der Waals surface area contributed by atoms with Gasteiger partial charge in [0.25, 0.3) is 0 Å². The molecule has 148 valence electrons. The second kappa shape index (κ2) is 9.60. The summed E-state index contributed by atoms with van der Waals surface area (Å²) in [4.78, 5) is 12.7. The normalized spacial score (nSPS) is 10.2. The lowest BCUT2D eigenvalue weighted by molar-refractivity contribution is -0.116. The number of amides is 1. The Labute approximate surface area is 171 Å². The summed E-state index contributed by atoms with van der Waals surface area (Å²) in [7, 11) is 3.27. The van der Waals surface area contributed by atoms with Crippen LogP contribution in [0.1, 0.15) is 22.3 Å². The van der Waals surface area contributed by atoms with Crippen molar-refractivity contribution >= 4 is 11.5 Å². The van der Waals surface area contributed by atoms with Crippen LogP contribution in [0.15, 0.2) is 78.9 Å². The van der Waals surface area contributed by atoms with E-state index in [4.69, 9.17) is 9.47 Å². The summed E-state index contributed by atoms with van der Waals surface area (Å²) in [5.74, 6) is 1.40. The third-order valence-electron chi connectivity index (χ3n) is 4.63. The lowest BCUT2D eigenvalue weighted by Gasteiger charge is -2.11. The van der Waals surface area contributed by atoms with E-state index in [9.17, 15) is 4.79 Å². The van der Waals surface area contributed by atoms with Gasteiger partial charge in [0.05, 0.1) is 14.2 Å². The molecule has 0 unspecified atom stereocenters. The van der Waals surface area contributed by atoms with E-state index in [0.29, 0.717) is 6.54 Å². The van der Waals surface area contributed by atoms with Crippen molar-refractivity contribution in [2.75, 3.05) is 14.2 Å². The van der Waals surface area contributed by atoms with Gasteiger partial charge in [-0.1, -0.05) is 54.1 Å². The molecule has 0 spiro atoms. The summed E-state index contributed by atoms with van der Waals surface area (Å²) in [6.45, 7) is 2.52. The fourth-order valence-corrected chi connectivity index (χ4v) is 3.07. The molecule has 0 aliphatic rings. The highest BCUT2D eigenvalue weighted by molar-refractivity contribution is 5.99. The Hall–Kier alpha value is -3.53. The molecule has 3 aromatic rings. The van der Waals surface area contributed by atoms with Gasteiger partial charge < -0.3 is 14.8 Å². The number of carbonyl (C=O) groups is 1. The Morgan fingerprint density at radius 1 is 0.862 bits per heavy atom. The van der Waals surface area contributed by atoms with Crippen LogP contribution in [0.5, 0.6) is 11.5 Å². The second-order valence-corrected chi connectivity index (χ2v) is 6.72. The summed E-state index contributed by atoms with van der Waals surface area (Å²) in [6, 6.07) is 23.4. The predicted octanol–water partition coefficient (Wildman–Crippen LogP) is 4.76. The first kappa shape index (κ1) is 20.2. The summed E-state index contributed by atoms with van der Waals surface area (Å²) >= 11 is 0. The number of hydrogen-bond acceptors (Lipinski definition) is 3. The van der Waals surface area contributed by atoms with Crippen molar-refractivity contribution < 1.29 is 14.3 Å². The molecular formula is C25H25NO3. The third kappa shape index (κ3) is 5.48. The molecule has 0 radical (unpaired) electrons. The van der Waals surface area contributed by atoms with Crippen molar-refractivity contribution in [1.82, 2.24) is 5.32 Å². The fraction of sp³-hybridized carbons (Fsp3) is 0.160. The SMILES string of the molecule is COc1ccc(C(=CC(=O)NCc2cccc(C)c2)c2ccc(OC)cc2)cc1. The lowest BCUT2D eigenvalue weighted by atomic mass is 9.97. The Morgan fingerprint density at radius 2 is 1.41 bits per heavy atom. The maximum absolute atomic E-state index is 12.7. The first-order valence-electron chi connectivity index (χ1n) is 9.43. The van der Waals surface area contributed by atoms with Crippen molar-refractivity contribution in [3.63, 3.8) is 0 Å². The zero-order chi connectivity index (χ0) is 20.6. The monoisotopic (exact) mass is 387 g/mol. The summed E-state index contributed by atoms with van der Waals surface area (Å²) in [5.41, 5.74) is 4.94. The molecule has 0 heterocycles. The van der Waals surface area contributed by atoms with E-state index in [2.05, 4.69) is 11.4 Å². The molecule has 0 aliphatic heterocycles. The van der Waals surface area contributed by atoms with Crippen molar-refractivity contribution in [3.8, 4) is 11.5 Å². The Balaban J connectivity index is 1.86. The molecule has 0 atom stereocenters. The summed E-state index contributed by atoms with van der Waals surface area (Å²) in [6.07, 6.45) is 1.64. The molecule has 0 aromatic heterocycles. The van der Waals surface area contributed by atoms with Gasteiger partial charge in [0.1, 0.15) is 11.5 Å². The van der Waals surface area contributed by atoms with Crippen LogP contribution in [0.2, 0.25) is 0 Å². The van der Waals surface area contributed by atoms with Crippen LogP contribution in [-0.2, 0) is 11.3 Å². The second-order valence-electron chi connectivity index (χ2n) is 6.72. The molecule has 1 amide bonds. The largest absolute Gasteiger partial charge is 0.497 e. The van der Waals surface area contributed by atoms with E-state index in [1.54, 1.807) is 20.3 Å². The minimum Gasteiger partial charge on any atom is -0.497 e. The highest BCUT2D eigenvalue weighted by atomic mass is 16.5. The molecule has 1 N–H and O–H groups in total. The number of rotatable bonds is 7. The Bertz CT molecular complexity index is 940. The van der Waals surface area contributed by atoms with E-state index < -0.39 is 0 Å². The summed E-state index contributed by atoms with van der Waals surface area (Å²) < 4.78 is 10.5. The number of nitrogens with one attached hydrogen (secondary N) is 1. The number of benzene rings is 3. The average molecular weight is 387 g/mol. The van der Waals surface area contributed by atoms with Crippen molar-refractivity contribution in [2.45, 2.75) is 13.5 Å². The topological polar surface area (TPSA) is 47.6 Å². The maximum atomic E-state index is 12.7. The molecule has 0 saturated carbocycles. The molecule has 4 heteroatoms. The Kier molecular flexibility index (Phi) is 6.69. The van der Waals surface area contributed by atoms with Crippen LogP contribution in [0.25, 0.3) is 5.57 Å². The zero-order valence-corrected chi connectivity index (χ0v) is 16.9. The van der Waals surface area contributed by atoms with Crippen molar-refractivity contribution in [1.29, 1.82) is 0 Å². The number of hydrogen-bond donors (Lipinski definition) is 1. The van der Waals surface area contributed by atoms with Crippen LogP contribution in [0.3, 0.4) is 0 Å². The van der Waals surface area contributed by atoms with Crippen LogP contribution in [-0.4, -0.2) is 20.1 Å². The number of methoxy groups -OCH3 is 2. The van der Waals surface area contributed by atoms with Crippen LogP contribution >= 0.6 is 0 Å². The minimum absolute atomic E-state index is 0.145. The molecule has 3 aromatic carbocycles. The van der Waals surface area contributed by atoms with Gasteiger partial charge in [0, 0.05) is 12.6 Å². The van der Waals surface area contributed by atoms with Crippen LogP contribution in [0.4, 0.5) is 0 Å². The number of carbonyl (C=O) groups excluding carboxylic acids is 1. The smallest absolute Gasteiger partial charge is 0.244 e. The van der Waals surface area contributed by atoms with Crippen LogP contribution in [0, 0.1) is 6.92 Å². The first-order chi connectivity index (χ1) is 14.1. The van der Waals surface area contributed by atoms with Gasteiger partial charge in [-0.3, -0.25) is 4.79 Å². The minimum atomic E-state index is -0.145. The zero-order valence-electron chi connectivity index (χ0n) is 16.9. The van der Waals surface area contributed by atoms with Crippen molar-refractivity contribution in [3.05, 3.63) is 101 Å². The van der Waals surface area contributed by atoms with E-state index >= 15 is 0 Å². The Morgan fingerprint density at radius 3 is 1.90 bits per heavy atom. The van der Waals surface area contributed by atoms with Crippen molar-refractivity contribution in [2.24, 2.45) is 0 Å². The van der Waals surface area contributed by atoms with Gasteiger partial charge >= 0.3 is 0 Å². The maximum Gasteiger partial charge on any atom is 0.244 e. The van der Waals surface area contributed by atoms with Gasteiger partial charge in [-0.15, -0.1) is 0 Å². The highest BCUT2D eigenvalue weighted by Gasteiger charge is 2.09. The van der Waals surface area contributed by atoms with E-state index in [1.807, 2.05) is 73.7 Å². The molecule has 0 fully saturated rings. The fourth-order valence-electron chi connectivity index (χ4n) is 3.07. The number of aryl methyl sites for hydroxylation is 1. The van der Waals surface area contributed by atoms with Gasteiger partial charge in [-0.05, 0) is 53.5 Å². The lowest BCUT2D eigenvalue weighted by Crippen LogP contribution is -2.20. The predicted molar refractivity (Wildman–Crippen MR) is 116 cm³/mol. The highest BCUT2D eigenvalue weighted by Crippen LogP contribution is 2.27. The number of ether oxygens (including phenoxy) is 2. The molecule has 4 nitrogen and oxygen atoms in total. The van der Waals surface area contributed by atoms with E-state index in [0.717, 1.165) is 33.8 Å². The standard InChI is InChI=1S/C25H25NO3/c1-18-5-4-6-19(15-18)17-26-25(27)16-24(20-7-11-22(28-2)12-8-20)21-9-13-23(29-3)14-10-21/h4-16H,17H2,1-3H3,(H,26,27). The molecule has 0 saturated heterocycles. The third-order valence-corrected chi connectivity index (χ3v) is 4.63. The molecule has 29 heavy (non-hydrogen) atoms. The average Bonchev–Trinajstić information content (AvgIpc) is 2.76. The first-order valence-corrected chi connectivity index (χ1v) is 9.43. The van der Waals surface area contributed by atoms with Gasteiger partial charge in [-0.25, -0.2) is 0 Å².